The minimum Gasteiger partial charge on any atom is -0.504 e. The largest absolute Gasteiger partial charge is 0.504 e. The summed E-state index contributed by atoms with van der Waals surface area (Å²) in [6.45, 7) is 2.37. The third kappa shape index (κ3) is 2.95. The van der Waals surface area contributed by atoms with Crippen LogP contribution in [0.15, 0.2) is 36.7 Å². The number of aromatic nitrogens is 1. The van der Waals surface area contributed by atoms with Crippen molar-refractivity contribution in [3.8, 4) is 17.2 Å². The summed E-state index contributed by atoms with van der Waals surface area (Å²) in [7, 11) is 0. The second-order valence-corrected chi connectivity index (χ2v) is 4.32. The van der Waals surface area contributed by atoms with Gasteiger partial charge in [-0.15, -0.1) is 0 Å². The number of pyridine rings is 1. The molecule has 1 aromatic heterocycles. The lowest BCUT2D eigenvalue weighted by atomic mass is 10.1. The number of nitrogens with zero attached hydrogens (tertiary/aromatic N) is 1. The van der Waals surface area contributed by atoms with Gasteiger partial charge in [-0.1, -0.05) is 6.07 Å². The summed E-state index contributed by atoms with van der Waals surface area (Å²) in [5.41, 5.74) is 1.61. The zero-order valence-electron chi connectivity index (χ0n) is 10.5. The van der Waals surface area contributed by atoms with E-state index >= 15 is 0 Å². The van der Waals surface area contributed by atoms with E-state index in [4.69, 9.17) is 0 Å². The van der Waals surface area contributed by atoms with Crippen LogP contribution in [-0.4, -0.2) is 20.3 Å². The van der Waals surface area contributed by atoms with Crippen LogP contribution in [0.4, 0.5) is 0 Å². The molecular formula is C14H16N2O3. The maximum atomic E-state index is 9.70. The van der Waals surface area contributed by atoms with Crippen molar-refractivity contribution in [3.05, 3.63) is 47.8 Å². The fourth-order valence-corrected chi connectivity index (χ4v) is 1.79. The van der Waals surface area contributed by atoms with Gasteiger partial charge in [0.05, 0.1) is 0 Å². The van der Waals surface area contributed by atoms with Crippen LogP contribution in [0.25, 0.3) is 0 Å². The normalized spacial score (nSPS) is 12.3. The van der Waals surface area contributed by atoms with Crippen LogP contribution in [0.3, 0.4) is 0 Å². The first-order valence-corrected chi connectivity index (χ1v) is 5.95. The van der Waals surface area contributed by atoms with Gasteiger partial charge in [0.2, 0.25) is 5.75 Å². The van der Waals surface area contributed by atoms with Gasteiger partial charge in [-0.25, -0.2) is 0 Å². The predicted octanol–water partition coefficient (Wildman–Crippen LogP) is 2.05. The highest BCUT2D eigenvalue weighted by Crippen LogP contribution is 2.37. The van der Waals surface area contributed by atoms with E-state index in [0.717, 1.165) is 5.56 Å². The highest BCUT2D eigenvalue weighted by molar-refractivity contribution is 5.53. The lowest BCUT2D eigenvalue weighted by molar-refractivity contribution is 0.363. The second kappa shape index (κ2) is 5.58. The topological polar surface area (TPSA) is 85.6 Å². The number of aromatic hydroxyl groups is 3. The van der Waals surface area contributed by atoms with E-state index in [1.807, 2.05) is 19.1 Å². The number of phenols is 3. The average molecular weight is 260 g/mol. The molecule has 1 heterocycles. The fourth-order valence-electron chi connectivity index (χ4n) is 1.79. The quantitative estimate of drug-likeness (QED) is 0.632. The Morgan fingerprint density at radius 3 is 2.42 bits per heavy atom. The number of hydrogen-bond donors (Lipinski definition) is 4. The molecule has 0 bridgehead atoms. The van der Waals surface area contributed by atoms with Crippen LogP contribution >= 0.6 is 0 Å². The molecule has 0 spiro atoms. The van der Waals surface area contributed by atoms with Gasteiger partial charge in [0.25, 0.3) is 0 Å². The van der Waals surface area contributed by atoms with Crippen LogP contribution in [0.2, 0.25) is 0 Å². The van der Waals surface area contributed by atoms with Crippen LogP contribution in [0, 0.1) is 0 Å². The van der Waals surface area contributed by atoms with E-state index in [1.165, 1.54) is 6.07 Å². The minimum absolute atomic E-state index is 0.0818. The van der Waals surface area contributed by atoms with Crippen molar-refractivity contribution in [2.45, 2.75) is 19.5 Å². The second-order valence-electron chi connectivity index (χ2n) is 4.32. The number of nitrogens with one attached hydrogen (secondary N) is 1. The summed E-state index contributed by atoms with van der Waals surface area (Å²) in [6.07, 6.45) is 3.44. The van der Waals surface area contributed by atoms with Crippen LogP contribution in [-0.2, 0) is 6.54 Å². The zero-order chi connectivity index (χ0) is 13.8. The molecule has 0 amide bonds. The highest BCUT2D eigenvalue weighted by Gasteiger charge is 2.12. The molecule has 0 saturated carbocycles. The first kappa shape index (κ1) is 13.2. The van der Waals surface area contributed by atoms with Gasteiger partial charge >= 0.3 is 0 Å². The summed E-state index contributed by atoms with van der Waals surface area (Å²) >= 11 is 0. The molecule has 1 atom stereocenters. The van der Waals surface area contributed by atoms with Crippen molar-refractivity contribution >= 4 is 0 Å². The molecule has 1 aromatic carbocycles. The summed E-state index contributed by atoms with van der Waals surface area (Å²) in [5, 5.41) is 31.6. The van der Waals surface area contributed by atoms with E-state index in [9.17, 15) is 15.3 Å². The van der Waals surface area contributed by atoms with Crippen molar-refractivity contribution in [3.63, 3.8) is 0 Å². The van der Waals surface area contributed by atoms with Crippen molar-refractivity contribution in [2.24, 2.45) is 0 Å². The summed E-state index contributed by atoms with van der Waals surface area (Å²) in [5.74, 6) is -1.12. The Balaban J connectivity index is 2.05. The molecule has 19 heavy (non-hydrogen) atoms. The third-order valence-electron chi connectivity index (χ3n) is 3.02. The Kier molecular flexibility index (Phi) is 3.87. The fraction of sp³-hybridized carbons (Fsp3) is 0.214. The average Bonchev–Trinajstić information content (AvgIpc) is 2.45. The number of hydrogen-bond acceptors (Lipinski definition) is 5. The van der Waals surface area contributed by atoms with Gasteiger partial charge < -0.3 is 20.6 Å². The zero-order valence-corrected chi connectivity index (χ0v) is 10.5. The van der Waals surface area contributed by atoms with Crippen molar-refractivity contribution in [1.29, 1.82) is 0 Å². The van der Waals surface area contributed by atoms with E-state index < -0.39 is 5.75 Å². The first-order valence-electron chi connectivity index (χ1n) is 5.95. The predicted molar refractivity (Wildman–Crippen MR) is 70.9 cm³/mol. The van der Waals surface area contributed by atoms with Gasteiger partial charge in [0.1, 0.15) is 0 Å². The number of benzene rings is 1. The molecular weight excluding hydrogens is 244 g/mol. The summed E-state index contributed by atoms with van der Waals surface area (Å²) in [4.78, 5) is 3.95. The molecule has 0 unspecified atom stereocenters. The van der Waals surface area contributed by atoms with E-state index in [2.05, 4.69) is 10.3 Å². The number of phenolic OH excluding ortho intramolecular Hbond substituents is 3. The molecule has 5 nitrogen and oxygen atoms in total. The minimum atomic E-state index is -0.490. The standard InChI is InChI=1S/C14H16N2O3/c1-9(10-4-6-15-7-5-10)16-8-11-2-3-12(17)14(19)13(11)18/h2-7,9,16-19H,8H2,1H3/t9-/m0/s1. The summed E-state index contributed by atoms with van der Waals surface area (Å²) < 4.78 is 0. The van der Waals surface area contributed by atoms with Crippen molar-refractivity contribution < 1.29 is 15.3 Å². The van der Waals surface area contributed by atoms with Gasteiger partial charge in [-0.3, -0.25) is 4.98 Å². The first-order chi connectivity index (χ1) is 9.09. The third-order valence-corrected chi connectivity index (χ3v) is 3.02. The molecule has 5 heteroatoms. The maximum absolute atomic E-state index is 9.70. The number of rotatable bonds is 4. The summed E-state index contributed by atoms with van der Waals surface area (Å²) in [6, 6.07) is 6.82. The van der Waals surface area contributed by atoms with Crippen LogP contribution in [0.1, 0.15) is 24.1 Å². The van der Waals surface area contributed by atoms with Crippen molar-refractivity contribution in [1.82, 2.24) is 10.3 Å². The Labute approximate surface area is 111 Å². The smallest absolute Gasteiger partial charge is 0.200 e. The van der Waals surface area contributed by atoms with E-state index in [-0.39, 0.29) is 17.5 Å². The lowest BCUT2D eigenvalue weighted by Gasteiger charge is -2.15. The monoisotopic (exact) mass is 260 g/mol. The molecule has 0 aliphatic rings. The van der Waals surface area contributed by atoms with Gasteiger partial charge in [-0.05, 0) is 30.7 Å². The maximum Gasteiger partial charge on any atom is 0.200 e. The van der Waals surface area contributed by atoms with E-state index in [1.54, 1.807) is 18.5 Å². The molecule has 0 aliphatic heterocycles. The molecule has 0 radical (unpaired) electrons. The molecule has 0 aliphatic carbocycles. The van der Waals surface area contributed by atoms with Crippen molar-refractivity contribution in [2.75, 3.05) is 0 Å². The highest BCUT2D eigenvalue weighted by atomic mass is 16.3. The van der Waals surface area contributed by atoms with Gasteiger partial charge in [0, 0.05) is 30.5 Å². The Morgan fingerprint density at radius 1 is 1.05 bits per heavy atom. The SMILES string of the molecule is C[C@H](NCc1ccc(O)c(O)c1O)c1ccncc1. The molecule has 0 fully saturated rings. The lowest BCUT2D eigenvalue weighted by Crippen LogP contribution is -2.18. The van der Waals surface area contributed by atoms with Crippen LogP contribution < -0.4 is 5.32 Å². The van der Waals surface area contributed by atoms with Gasteiger partial charge in [0.15, 0.2) is 11.5 Å². The molecule has 2 aromatic rings. The molecule has 0 saturated heterocycles. The molecule has 100 valence electrons. The molecule has 2 rings (SSSR count). The Bertz CT molecular complexity index is 558. The van der Waals surface area contributed by atoms with Crippen LogP contribution in [0.5, 0.6) is 17.2 Å². The Hall–Kier alpha value is -2.27. The van der Waals surface area contributed by atoms with E-state index in [0.29, 0.717) is 12.1 Å². The van der Waals surface area contributed by atoms with Gasteiger partial charge in [-0.2, -0.15) is 0 Å². The molecule has 4 N–H and O–H groups in total. The Morgan fingerprint density at radius 2 is 1.74 bits per heavy atom.